The summed E-state index contributed by atoms with van der Waals surface area (Å²) in [6.07, 6.45) is 1.73. The summed E-state index contributed by atoms with van der Waals surface area (Å²) in [7, 11) is 1.54. The van der Waals surface area contributed by atoms with E-state index in [0.717, 1.165) is 5.56 Å². The second-order valence-electron chi connectivity index (χ2n) is 5.97. The summed E-state index contributed by atoms with van der Waals surface area (Å²) in [5, 5.41) is 0.414. The molecule has 0 aliphatic carbocycles. The van der Waals surface area contributed by atoms with Gasteiger partial charge in [-0.2, -0.15) is 0 Å². The van der Waals surface area contributed by atoms with E-state index in [0.29, 0.717) is 48.2 Å². The number of carbonyl (C=O) groups is 2. The van der Waals surface area contributed by atoms with Crippen LogP contribution in [-0.2, 0) is 0 Å². The molecule has 2 amide bonds. The smallest absolute Gasteiger partial charge is 0.270 e. The Morgan fingerprint density at radius 1 is 1.12 bits per heavy atom. The molecule has 0 saturated carbocycles. The van der Waals surface area contributed by atoms with Crippen molar-refractivity contribution < 1.29 is 14.3 Å². The van der Waals surface area contributed by atoms with Crippen molar-refractivity contribution in [3.63, 3.8) is 0 Å². The molecular weight excluding hydrogens is 342 g/mol. The molecule has 1 saturated heterocycles. The SMILES string of the molecule is COc1cc(C)c(C(=O)N2CCN(C(=O)c3ccc[nH]3)CC2)cc1Cl. The van der Waals surface area contributed by atoms with E-state index in [9.17, 15) is 9.59 Å². The fourth-order valence-corrected chi connectivity index (χ4v) is 3.20. The van der Waals surface area contributed by atoms with Crippen LogP contribution in [0.2, 0.25) is 5.02 Å². The van der Waals surface area contributed by atoms with Gasteiger partial charge in [-0.05, 0) is 36.8 Å². The number of rotatable bonds is 3. The molecule has 1 N–H and O–H groups in total. The Kier molecular flexibility index (Phi) is 4.99. The van der Waals surface area contributed by atoms with E-state index < -0.39 is 0 Å². The number of H-pyrrole nitrogens is 1. The highest BCUT2D eigenvalue weighted by molar-refractivity contribution is 6.32. The maximum Gasteiger partial charge on any atom is 0.270 e. The van der Waals surface area contributed by atoms with Crippen LogP contribution in [0.1, 0.15) is 26.4 Å². The molecule has 25 heavy (non-hydrogen) atoms. The van der Waals surface area contributed by atoms with Gasteiger partial charge >= 0.3 is 0 Å². The van der Waals surface area contributed by atoms with E-state index in [1.807, 2.05) is 6.92 Å². The summed E-state index contributed by atoms with van der Waals surface area (Å²) in [4.78, 5) is 31.6. The lowest BCUT2D eigenvalue weighted by Gasteiger charge is -2.35. The van der Waals surface area contributed by atoms with E-state index in [1.54, 1.807) is 47.4 Å². The van der Waals surface area contributed by atoms with Gasteiger partial charge in [0.2, 0.25) is 0 Å². The summed E-state index contributed by atoms with van der Waals surface area (Å²) in [5.41, 5.74) is 1.95. The Labute approximate surface area is 151 Å². The lowest BCUT2D eigenvalue weighted by Crippen LogP contribution is -2.50. The molecule has 7 heteroatoms. The number of piperazine rings is 1. The summed E-state index contributed by atoms with van der Waals surface area (Å²) in [6.45, 7) is 3.86. The summed E-state index contributed by atoms with van der Waals surface area (Å²) < 4.78 is 5.18. The molecule has 0 bridgehead atoms. The normalized spacial score (nSPS) is 14.5. The molecular formula is C18H20ClN3O3. The third kappa shape index (κ3) is 3.49. The quantitative estimate of drug-likeness (QED) is 0.913. The van der Waals surface area contributed by atoms with E-state index in [-0.39, 0.29) is 11.8 Å². The topological polar surface area (TPSA) is 65.6 Å². The van der Waals surface area contributed by atoms with Crippen molar-refractivity contribution >= 4 is 23.4 Å². The number of carbonyl (C=O) groups excluding carboxylic acids is 2. The largest absolute Gasteiger partial charge is 0.495 e. The lowest BCUT2D eigenvalue weighted by atomic mass is 10.1. The third-order valence-electron chi connectivity index (χ3n) is 4.41. The van der Waals surface area contributed by atoms with Crippen LogP contribution in [0.5, 0.6) is 5.75 Å². The number of benzene rings is 1. The Morgan fingerprint density at radius 2 is 1.76 bits per heavy atom. The predicted molar refractivity (Wildman–Crippen MR) is 95.3 cm³/mol. The number of ether oxygens (including phenoxy) is 1. The molecule has 0 atom stereocenters. The van der Waals surface area contributed by atoms with E-state index in [1.165, 1.54) is 0 Å². The predicted octanol–water partition coefficient (Wildman–Crippen LogP) is 2.58. The number of aromatic amines is 1. The summed E-state index contributed by atoms with van der Waals surface area (Å²) >= 11 is 6.15. The number of amides is 2. The zero-order valence-electron chi connectivity index (χ0n) is 14.2. The van der Waals surface area contributed by atoms with Gasteiger partial charge in [0, 0.05) is 37.9 Å². The monoisotopic (exact) mass is 361 g/mol. The molecule has 0 radical (unpaired) electrons. The molecule has 6 nitrogen and oxygen atoms in total. The fraction of sp³-hybridized carbons (Fsp3) is 0.333. The van der Waals surface area contributed by atoms with Crippen LogP contribution < -0.4 is 4.74 Å². The van der Waals surface area contributed by atoms with Gasteiger partial charge in [-0.3, -0.25) is 9.59 Å². The van der Waals surface area contributed by atoms with Crippen molar-refractivity contribution in [2.24, 2.45) is 0 Å². The van der Waals surface area contributed by atoms with Crippen LogP contribution in [0.25, 0.3) is 0 Å². The molecule has 2 heterocycles. The average molecular weight is 362 g/mol. The van der Waals surface area contributed by atoms with Crippen LogP contribution in [0.3, 0.4) is 0 Å². The molecule has 0 spiro atoms. The lowest BCUT2D eigenvalue weighted by molar-refractivity contribution is 0.0532. The molecule has 3 rings (SSSR count). The summed E-state index contributed by atoms with van der Waals surface area (Å²) in [5.74, 6) is 0.437. The second kappa shape index (κ2) is 7.19. The minimum absolute atomic E-state index is 0.0410. The number of aromatic nitrogens is 1. The summed E-state index contributed by atoms with van der Waals surface area (Å²) in [6, 6.07) is 6.96. The van der Waals surface area contributed by atoms with Crippen molar-refractivity contribution in [1.82, 2.24) is 14.8 Å². The zero-order chi connectivity index (χ0) is 18.0. The zero-order valence-corrected chi connectivity index (χ0v) is 15.0. The van der Waals surface area contributed by atoms with Crippen LogP contribution in [0.4, 0.5) is 0 Å². The van der Waals surface area contributed by atoms with Crippen LogP contribution in [0.15, 0.2) is 30.5 Å². The van der Waals surface area contributed by atoms with Gasteiger partial charge in [-0.25, -0.2) is 0 Å². The van der Waals surface area contributed by atoms with Crippen LogP contribution in [-0.4, -0.2) is 59.9 Å². The Hall–Kier alpha value is -2.47. The number of hydrogen-bond donors (Lipinski definition) is 1. The molecule has 1 aliphatic heterocycles. The van der Waals surface area contributed by atoms with Gasteiger partial charge in [-0.15, -0.1) is 0 Å². The number of nitrogens with zero attached hydrogens (tertiary/aromatic N) is 2. The van der Waals surface area contributed by atoms with Gasteiger partial charge in [-0.1, -0.05) is 11.6 Å². The van der Waals surface area contributed by atoms with Crippen molar-refractivity contribution in [1.29, 1.82) is 0 Å². The Balaban J connectivity index is 1.68. The number of methoxy groups -OCH3 is 1. The van der Waals surface area contributed by atoms with E-state index >= 15 is 0 Å². The second-order valence-corrected chi connectivity index (χ2v) is 6.38. The van der Waals surface area contributed by atoms with Crippen molar-refractivity contribution in [3.8, 4) is 5.75 Å². The van der Waals surface area contributed by atoms with Crippen LogP contribution >= 0.6 is 11.6 Å². The Bertz CT molecular complexity index is 781. The minimum atomic E-state index is -0.0750. The highest BCUT2D eigenvalue weighted by Crippen LogP contribution is 2.28. The van der Waals surface area contributed by atoms with E-state index in [2.05, 4.69) is 4.98 Å². The van der Waals surface area contributed by atoms with Crippen molar-refractivity contribution in [2.45, 2.75) is 6.92 Å². The van der Waals surface area contributed by atoms with Gasteiger partial charge < -0.3 is 19.5 Å². The first-order valence-corrected chi connectivity index (χ1v) is 8.45. The number of halogens is 1. The standard InChI is InChI=1S/C18H20ClN3O3/c1-12-10-16(25-2)14(19)11-13(12)17(23)21-6-8-22(9-7-21)18(24)15-4-3-5-20-15/h3-5,10-11,20H,6-9H2,1-2H3. The number of nitrogens with one attached hydrogen (secondary N) is 1. The van der Waals surface area contributed by atoms with Gasteiger partial charge in [0.1, 0.15) is 11.4 Å². The Morgan fingerprint density at radius 3 is 2.32 bits per heavy atom. The van der Waals surface area contributed by atoms with Gasteiger partial charge in [0.05, 0.1) is 12.1 Å². The number of aryl methyl sites for hydroxylation is 1. The first kappa shape index (κ1) is 17.4. The molecule has 1 aliphatic rings. The highest BCUT2D eigenvalue weighted by atomic mass is 35.5. The molecule has 1 aromatic carbocycles. The first-order chi connectivity index (χ1) is 12.0. The maximum absolute atomic E-state index is 12.8. The molecule has 1 aromatic heterocycles. The average Bonchev–Trinajstić information content (AvgIpc) is 3.17. The molecule has 0 unspecified atom stereocenters. The van der Waals surface area contributed by atoms with Gasteiger partial charge in [0.25, 0.3) is 11.8 Å². The molecule has 132 valence electrons. The number of hydrogen-bond acceptors (Lipinski definition) is 3. The van der Waals surface area contributed by atoms with Crippen molar-refractivity contribution in [3.05, 3.63) is 52.3 Å². The maximum atomic E-state index is 12.8. The van der Waals surface area contributed by atoms with Crippen LogP contribution in [0, 0.1) is 6.92 Å². The molecule has 1 fully saturated rings. The highest BCUT2D eigenvalue weighted by Gasteiger charge is 2.27. The third-order valence-corrected chi connectivity index (χ3v) is 4.71. The van der Waals surface area contributed by atoms with E-state index in [4.69, 9.17) is 16.3 Å². The first-order valence-electron chi connectivity index (χ1n) is 8.07. The minimum Gasteiger partial charge on any atom is -0.495 e. The fourth-order valence-electron chi connectivity index (χ4n) is 2.96. The van der Waals surface area contributed by atoms with Crippen molar-refractivity contribution in [2.75, 3.05) is 33.3 Å². The van der Waals surface area contributed by atoms with Gasteiger partial charge in [0.15, 0.2) is 0 Å². The molecule has 2 aromatic rings.